The molecule has 80 valence electrons. The van der Waals surface area contributed by atoms with E-state index >= 15 is 0 Å². The van der Waals surface area contributed by atoms with E-state index in [0.29, 0.717) is 5.69 Å². The summed E-state index contributed by atoms with van der Waals surface area (Å²) >= 11 is 3.25. The highest BCUT2D eigenvalue weighted by Crippen LogP contribution is 2.20. The molecule has 0 bridgehead atoms. The number of amides is 2. The molecule has 1 aromatic carbocycles. The number of urea groups is 1. The van der Waals surface area contributed by atoms with Crippen LogP contribution in [0.2, 0.25) is 0 Å². The second-order valence-corrected chi connectivity index (χ2v) is 3.54. The summed E-state index contributed by atoms with van der Waals surface area (Å²) in [5, 5.41) is 13.0. The molecule has 0 atom stereocenters. The fraction of sp³-hybridized carbons (Fsp3) is 0.111. The van der Waals surface area contributed by atoms with Gasteiger partial charge in [-0.15, -0.1) is 0 Å². The Kier molecular flexibility index (Phi) is 4.11. The minimum Gasteiger partial charge on any atom is -0.480 e. The van der Waals surface area contributed by atoms with E-state index in [1.165, 1.54) is 0 Å². The Morgan fingerprint density at radius 1 is 1.33 bits per heavy atom. The predicted molar refractivity (Wildman–Crippen MR) is 58.8 cm³/mol. The van der Waals surface area contributed by atoms with Crippen molar-refractivity contribution >= 4 is 33.6 Å². The number of benzene rings is 1. The highest BCUT2D eigenvalue weighted by atomic mass is 79.9. The van der Waals surface area contributed by atoms with Gasteiger partial charge in [0.2, 0.25) is 0 Å². The fourth-order valence-electron chi connectivity index (χ4n) is 0.885. The van der Waals surface area contributed by atoms with E-state index in [-0.39, 0.29) is 0 Å². The molecule has 0 aliphatic rings. The van der Waals surface area contributed by atoms with Gasteiger partial charge in [-0.05, 0) is 28.1 Å². The van der Waals surface area contributed by atoms with Gasteiger partial charge in [-0.2, -0.15) is 0 Å². The van der Waals surface area contributed by atoms with Crippen molar-refractivity contribution in [1.29, 1.82) is 0 Å². The van der Waals surface area contributed by atoms with Gasteiger partial charge >= 0.3 is 12.0 Å². The van der Waals surface area contributed by atoms with Crippen molar-refractivity contribution in [3.63, 3.8) is 0 Å². The highest BCUT2D eigenvalue weighted by molar-refractivity contribution is 9.10. The quantitative estimate of drug-likeness (QED) is 0.783. The molecule has 0 saturated heterocycles. The molecule has 15 heavy (non-hydrogen) atoms. The molecule has 0 saturated carbocycles. The molecule has 0 fully saturated rings. The van der Waals surface area contributed by atoms with Gasteiger partial charge in [0.15, 0.2) is 0 Å². The van der Waals surface area contributed by atoms with Crippen molar-refractivity contribution in [3.05, 3.63) is 28.7 Å². The van der Waals surface area contributed by atoms with Gasteiger partial charge in [-0.1, -0.05) is 12.1 Å². The van der Waals surface area contributed by atoms with Crippen LogP contribution in [0.4, 0.5) is 10.5 Å². The number of carbonyl (C=O) groups is 2. The molecule has 0 radical (unpaired) electrons. The molecule has 2 amide bonds. The molecular weight excluding hydrogens is 264 g/mol. The van der Waals surface area contributed by atoms with Crippen molar-refractivity contribution in [2.45, 2.75) is 0 Å². The zero-order valence-corrected chi connectivity index (χ0v) is 9.24. The van der Waals surface area contributed by atoms with Crippen LogP contribution in [0.3, 0.4) is 0 Å². The van der Waals surface area contributed by atoms with Gasteiger partial charge in [0.25, 0.3) is 0 Å². The summed E-state index contributed by atoms with van der Waals surface area (Å²) in [6, 6.07) is 6.49. The molecule has 5 nitrogen and oxygen atoms in total. The topological polar surface area (TPSA) is 78.4 Å². The lowest BCUT2D eigenvalue weighted by atomic mass is 10.3. The first-order valence-corrected chi connectivity index (χ1v) is 4.90. The lowest BCUT2D eigenvalue weighted by Gasteiger charge is -2.07. The Morgan fingerprint density at radius 2 is 2.00 bits per heavy atom. The molecular formula is C9H9BrN2O3. The Hall–Kier alpha value is -1.56. The van der Waals surface area contributed by atoms with Crippen LogP contribution in [0.15, 0.2) is 28.7 Å². The third-order valence-corrected chi connectivity index (χ3v) is 2.21. The summed E-state index contributed by atoms with van der Waals surface area (Å²) in [5.41, 5.74) is 0.584. The number of rotatable bonds is 3. The van der Waals surface area contributed by atoms with Gasteiger partial charge in [-0.3, -0.25) is 4.79 Å². The molecule has 0 aliphatic carbocycles. The van der Waals surface area contributed by atoms with Crippen molar-refractivity contribution < 1.29 is 14.7 Å². The zero-order chi connectivity index (χ0) is 11.3. The number of carboxylic acid groups (broad SMARTS) is 1. The van der Waals surface area contributed by atoms with Crippen molar-refractivity contribution in [1.82, 2.24) is 5.32 Å². The number of nitrogens with one attached hydrogen (secondary N) is 2. The van der Waals surface area contributed by atoms with E-state index in [2.05, 4.69) is 26.6 Å². The monoisotopic (exact) mass is 272 g/mol. The first-order chi connectivity index (χ1) is 7.09. The number of carboxylic acids is 1. The Morgan fingerprint density at radius 3 is 2.60 bits per heavy atom. The van der Waals surface area contributed by atoms with Crippen LogP contribution in [-0.4, -0.2) is 23.7 Å². The van der Waals surface area contributed by atoms with E-state index < -0.39 is 18.5 Å². The standard InChI is InChI=1S/C9H9BrN2O3/c10-6-3-1-2-4-7(6)12-9(15)11-5-8(13)14/h1-4H,5H2,(H,13,14)(H2,11,12,15). The number of halogens is 1. The first-order valence-electron chi connectivity index (χ1n) is 4.11. The van der Waals surface area contributed by atoms with Gasteiger partial charge in [0.05, 0.1) is 5.69 Å². The van der Waals surface area contributed by atoms with Crippen LogP contribution < -0.4 is 10.6 Å². The third kappa shape index (κ3) is 3.99. The maximum atomic E-state index is 11.2. The third-order valence-electron chi connectivity index (χ3n) is 1.52. The second-order valence-electron chi connectivity index (χ2n) is 2.68. The summed E-state index contributed by atoms with van der Waals surface area (Å²) in [5.74, 6) is -1.09. The van der Waals surface area contributed by atoms with Crippen molar-refractivity contribution in [2.24, 2.45) is 0 Å². The number of aliphatic carboxylic acids is 1. The minimum absolute atomic E-state index is 0.406. The smallest absolute Gasteiger partial charge is 0.323 e. The molecule has 0 spiro atoms. The van der Waals surface area contributed by atoms with Crippen molar-refractivity contribution in [2.75, 3.05) is 11.9 Å². The van der Waals surface area contributed by atoms with Crippen LogP contribution in [-0.2, 0) is 4.79 Å². The van der Waals surface area contributed by atoms with Gasteiger partial charge in [0.1, 0.15) is 6.54 Å². The van der Waals surface area contributed by atoms with Crippen LogP contribution in [0, 0.1) is 0 Å². The number of anilines is 1. The number of hydrogen-bond acceptors (Lipinski definition) is 2. The highest BCUT2D eigenvalue weighted by Gasteiger charge is 2.05. The van der Waals surface area contributed by atoms with Crippen LogP contribution in [0.1, 0.15) is 0 Å². The van der Waals surface area contributed by atoms with Crippen molar-refractivity contribution in [3.8, 4) is 0 Å². The summed E-state index contributed by atoms with van der Waals surface area (Å²) in [6.07, 6.45) is 0. The van der Waals surface area contributed by atoms with Crippen LogP contribution in [0.25, 0.3) is 0 Å². The molecule has 0 unspecified atom stereocenters. The Balaban J connectivity index is 2.52. The summed E-state index contributed by atoms with van der Waals surface area (Å²) in [7, 11) is 0. The Labute approximate surface area is 94.6 Å². The predicted octanol–water partition coefficient (Wildman–Crippen LogP) is 1.66. The lowest BCUT2D eigenvalue weighted by Crippen LogP contribution is -2.33. The summed E-state index contributed by atoms with van der Waals surface area (Å²) in [4.78, 5) is 21.3. The number of carbonyl (C=O) groups excluding carboxylic acids is 1. The van der Waals surface area contributed by atoms with E-state index in [4.69, 9.17) is 5.11 Å². The summed E-state index contributed by atoms with van der Waals surface area (Å²) in [6.45, 7) is -0.406. The average Bonchev–Trinajstić information content (AvgIpc) is 2.18. The zero-order valence-electron chi connectivity index (χ0n) is 7.66. The van der Waals surface area contributed by atoms with Gasteiger partial charge < -0.3 is 15.7 Å². The number of para-hydroxylation sites is 1. The van der Waals surface area contributed by atoms with E-state index in [1.807, 2.05) is 6.07 Å². The SMILES string of the molecule is O=C(O)CNC(=O)Nc1ccccc1Br. The molecule has 0 aliphatic heterocycles. The van der Waals surface area contributed by atoms with E-state index in [9.17, 15) is 9.59 Å². The van der Waals surface area contributed by atoms with Crippen LogP contribution in [0.5, 0.6) is 0 Å². The molecule has 1 rings (SSSR count). The normalized spacial score (nSPS) is 9.40. The number of hydrogen-bond donors (Lipinski definition) is 3. The maximum absolute atomic E-state index is 11.2. The minimum atomic E-state index is -1.09. The molecule has 3 N–H and O–H groups in total. The second kappa shape index (κ2) is 5.35. The van der Waals surface area contributed by atoms with Gasteiger partial charge in [0, 0.05) is 4.47 Å². The average molecular weight is 273 g/mol. The largest absolute Gasteiger partial charge is 0.480 e. The molecule has 6 heteroatoms. The van der Waals surface area contributed by atoms with Gasteiger partial charge in [-0.25, -0.2) is 4.79 Å². The first kappa shape index (κ1) is 11.5. The van der Waals surface area contributed by atoms with E-state index in [0.717, 1.165) is 4.47 Å². The van der Waals surface area contributed by atoms with E-state index in [1.54, 1.807) is 18.2 Å². The van der Waals surface area contributed by atoms with Crippen LogP contribution >= 0.6 is 15.9 Å². The fourth-order valence-corrected chi connectivity index (χ4v) is 1.27. The molecule has 1 aromatic rings. The molecule has 0 aromatic heterocycles. The lowest BCUT2D eigenvalue weighted by molar-refractivity contribution is -0.135. The molecule has 0 heterocycles. The summed E-state index contributed by atoms with van der Waals surface area (Å²) < 4.78 is 0.732. The Bertz CT molecular complexity index is 381. The maximum Gasteiger partial charge on any atom is 0.323 e.